The van der Waals surface area contributed by atoms with Crippen molar-refractivity contribution in [1.82, 2.24) is 0 Å². The first-order valence-electron chi connectivity index (χ1n) is 4.94. The third-order valence-corrected chi connectivity index (χ3v) is 3.09. The van der Waals surface area contributed by atoms with Crippen molar-refractivity contribution in [3.63, 3.8) is 0 Å². The first-order valence-corrected chi connectivity index (χ1v) is 5.32. The predicted molar refractivity (Wildman–Crippen MR) is 61.2 cm³/mol. The van der Waals surface area contributed by atoms with Crippen LogP contribution in [0.25, 0.3) is 0 Å². The molecule has 1 aliphatic rings. The van der Waals surface area contributed by atoms with Crippen LogP contribution in [0.2, 0.25) is 5.02 Å². The number of fused-ring (bicyclic) bond motifs is 1. The lowest BCUT2D eigenvalue weighted by Crippen LogP contribution is -2.41. The minimum absolute atomic E-state index is 0.257. The van der Waals surface area contributed by atoms with Crippen LogP contribution in [-0.4, -0.2) is 18.5 Å². The highest BCUT2D eigenvalue weighted by molar-refractivity contribution is 6.30. The van der Waals surface area contributed by atoms with Gasteiger partial charge in [0, 0.05) is 17.3 Å². The second-order valence-corrected chi connectivity index (χ2v) is 4.23. The van der Waals surface area contributed by atoms with Crippen molar-refractivity contribution in [1.29, 1.82) is 0 Å². The largest absolute Gasteiger partial charge is 0.368 e. The first-order chi connectivity index (χ1) is 7.09. The topological polar surface area (TPSA) is 46.3 Å². The van der Waals surface area contributed by atoms with Crippen LogP contribution in [0.15, 0.2) is 18.2 Å². The van der Waals surface area contributed by atoms with E-state index < -0.39 is 0 Å². The Kier molecular flexibility index (Phi) is 2.57. The van der Waals surface area contributed by atoms with Gasteiger partial charge in [0.15, 0.2) is 0 Å². The molecule has 1 aromatic rings. The summed E-state index contributed by atoms with van der Waals surface area (Å²) in [5.41, 5.74) is 7.56. The fraction of sp³-hybridized carbons (Fsp3) is 0.364. The van der Waals surface area contributed by atoms with Crippen molar-refractivity contribution in [2.45, 2.75) is 19.4 Å². The summed E-state index contributed by atoms with van der Waals surface area (Å²) in [5, 5.41) is 0.738. The van der Waals surface area contributed by atoms with Gasteiger partial charge in [0.2, 0.25) is 5.91 Å². The minimum atomic E-state index is -0.294. The number of nitrogens with zero attached hydrogens (tertiary/aromatic N) is 1. The molecular formula is C11H13ClN2O. The highest BCUT2D eigenvalue weighted by Gasteiger charge is 2.26. The number of hydrogen-bond donors (Lipinski definition) is 1. The molecule has 2 N–H and O–H groups in total. The quantitative estimate of drug-likeness (QED) is 0.829. The number of rotatable bonds is 2. The normalized spacial score (nSPS) is 16.3. The molecule has 0 fully saturated rings. The van der Waals surface area contributed by atoms with Gasteiger partial charge in [-0.3, -0.25) is 4.79 Å². The van der Waals surface area contributed by atoms with Crippen molar-refractivity contribution in [2.24, 2.45) is 5.73 Å². The average molecular weight is 225 g/mol. The van der Waals surface area contributed by atoms with E-state index in [1.54, 1.807) is 0 Å². The monoisotopic (exact) mass is 224 g/mol. The molecule has 3 nitrogen and oxygen atoms in total. The number of hydrogen-bond acceptors (Lipinski definition) is 2. The lowest BCUT2D eigenvalue weighted by molar-refractivity contribution is -0.118. The van der Waals surface area contributed by atoms with Crippen molar-refractivity contribution in [3.8, 4) is 0 Å². The second kappa shape index (κ2) is 3.74. The van der Waals surface area contributed by atoms with E-state index in [4.69, 9.17) is 17.3 Å². The van der Waals surface area contributed by atoms with Gasteiger partial charge < -0.3 is 10.6 Å². The minimum Gasteiger partial charge on any atom is -0.368 e. The van der Waals surface area contributed by atoms with Crippen molar-refractivity contribution in [2.75, 3.05) is 11.4 Å². The zero-order chi connectivity index (χ0) is 11.0. The molecule has 15 heavy (non-hydrogen) atoms. The molecule has 1 atom stereocenters. The average Bonchev–Trinajstić information content (AvgIpc) is 2.59. The number of amides is 1. The van der Waals surface area contributed by atoms with Gasteiger partial charge in [-0.1, -0.05) is 11.6 Å². The van der Waals surface area contributed by atoms with Crippen LogP contribution < -0.4 is 10.6 Å². The number of carbonyl (C=O) groups is 1. The SMILES string of the molecule is CC(C(N)=O)N1CCc2cc(Cl)ccc21. The molecule has 2 rings (SSSR count). The van der Waals surface area contributed by atoms with Crippen LogP contribution in [0, 0.1) is 0 Å². The van der Waals surface area contributed by atoms with Crippen molar-refractivity contribution in [3.05, 3.63) is 28.8 Å². The number of halogens is 1. The van der Waals surface area contributed by atoms with Crippen molar-refractivity contribution < 1.29 is 4.79 Å². The van der Waals surface area contributed by atoms with Crippen LogP contribution >= 0.6 is 11.6 Å². The van der Waals surface area contributed by atoms with E-state index in [-0.39, 0.29) is 11.9 Å². The number of anilines is 1. The van der Waals surface area contributed by atoms with Gasteiger partial charge in [-0.2, -0.15) is 0 Å². The molecule has 1 unspecified atom stereocenters. The standard InChI is InChI=1S/C11H13ClN2O/c1-7(11(13)15)14-5-4-8-6-9(12)2-3-10(8)14/h2-3,6-7H,4-5H2,1H3,(H2,13,15). The van der Waals surface area contributed by atoms with E-state index in [0.717, 1.165) is 23.7 Å². The molecule has 1 heterocycles. The van der Waals surface area contributed by atoms with E-state index in [1.165, 1.54) is 5.56 Å². The second-order valence-electron chi connectivity index (χ2n) is 3.79. The molecule has 0 saturated carbocycles. The molecule has 0 aliphatic carbocycles. The third kappa shape index (κ3) is 1.79. The van der Waals surface area contributed by atoms with Gasteiger partial charge in [-0.15, -0.1) is 0 Å². The maximum Gasteiger partial charge on any atom is 0.239 e. The van der Waals surface area contributed by atoms with E-state index in [2.05, 4.69) is 0 Å². The van der Waals surface area contributed by atoms with Gasteiger partial charge in [0.1, 0.15) is 6.04 Å². The fourth-order valence-corrected chi connectivity index (χ4v) is 2.15. The lowest BCUT2D eigenvalue weighted by atomic mass is 10.1. The maximum atomic E-state index is 11.1. The van der Waals surface area contributed by atoms with Crippen LogP contribution in [0.4, 0.5) is 5.69 Å². The van der Waals surface area contributed by atoms with Gasteiger partial charge in [0.05, 0.1) is 0 Å². The molecule has 1 amide bonds. The Morgan fingerprint density at radius 1 is 1.60 bits per heavy atom. The molecule has 80 valence electrons. The number of benzene rings is 1. The van der Waals surface area contributed by atoms with E-state index >= 15 is 0 Å². The Balaban J connectivity index is 2.32. The lowest BCUT2D eigenvalue weighted by Gasteiger charge is -2.24. The summed E-state index contributed by atoms with van der Waals surface area (Å²) >= 11 is 5.90. The maximum absolute atomic E-state index is 11.1. The highest BCUT2D eigenvalue weighted by Crippen LogP contribution is 2.31. The molecule has 0 saturated heterocycles. The van der Waals surface area contributed by atoms with Crippen LogP contribution in [0.3, 0.4) is 0 Å². The van der Waals surface area contributed by atoms with E-state index in [9.17, 15) is 4.79 Å². The molecule has 0 aromatic heterocycles. The van der Waals surface area contributed by atoms with Gasteiger partial charge >= 0.3 is 0 Å². The summed E-state index contributed by atoms with van der Waals surface area (Å²) in [6.45, 7) is 2.66. The van der Waals surface area contributed by atoms with Gasteiger partial charge in [-0.05, 0) is 37.1 Å². The first kappa shape index (κ1) is 10.3. The molecule has 1 aromatic carbocycles. The van der Waals surface area contributed by atoms with Crippen LogP contribution in [0.5, 0.6) is 0 Å². The summed E-state index contributed by atoms with van der Waals surface area (Å²) in [6, 6.07) is 5.48. The summed E-state index contributed by atoms with van der Waals surface area (Å²) in [7, 11) is 0. The molecule has 0 bridgehead atoms. The molecule has 0 spiro atoms. The molecule has 1 aliphatic heterocycles. The number of nitrogens with two attached hydrogens (primary N) is 1. The zero-order valence-corrected chi connectivity index (χ0v) is 9.29. The van der Waals surface area contributed by atoms with Crippen LogP contribution in [0.1, 0.15) is 12.5 Å². The third-order valence-electron chi connectivity index (χ3n) is 2.85. The number of carbonyl (C=O) groups excluding carboxylic acids is 1. The van der Waals surface area contributed by atoms with E-state index in [0.29, 0.717) is 0 Å². The Bertz CT molecular complexity index is 406. The molecule has 0 radical (unpaired) electrons. The Morgan fingerprint density at radius 3 is 3.00 bits per heavy atom. The zero-order valence-electron chi connectivity index (χ0n) is 8.53. The summed E-state index contributed by atoms with van der Waals surface area (Å²) in [6.07, 6.45) is 0.924. The smallest absolute Gasteiger partial charge is 0.239 e. The molecule has 4 heteroatoms. The Hall–Kier alpha value is -1.22. The Labute approximate surface area is 93.8 Å². The van der Waals surface area contributed by atoms with E-state index in [1.807, 2.05) is 30.0 Å². The summed E-state index contributed by atoms with van der Waals surface area (Å²) in [5.74, 6) is -0.294. The van der Waals surface area contributed by atoms with Crippen molar-refractivity contribution >= 4 is 23.2 Å². The van der Waals surface area contributed by atoms with Gasteiger partial charge in [0.25, 0.3) is 0 Å². The fourth-order valence-electron chi connectivity index (χ4n) is 1.95. The number of primary amides is 1. The summed E-state index contributed by atoms with van der Waals surface area (Å²) in [4.78, 5) is 13.1. The highest BCUT2D eigenvalue weighted by atomic mass is 35.5. The molecular weight excluding hydrogens is 212 g/mol. The predicted octanol–water partition coefficient (Wildman–Crippen LogP) is 1.58. The Morgan fingerprint density at radius 2 is 2.33 bits per heavy atom. The summed E-state index contributed by atoms with van der Waals surface area (Å²) < 4.78 is 0. The van der Waals surface area contributed by atoms with Gasteiger partial charge in [-0.25, -0.2) is 0 Å². The van der Waals surface area contributed by atoms with Crippen LogP contribution in [-0.2, 0) is 11.2 Å².